The Balaban J connectivity index is 1.31. The lowest BCUT2D eigenvalue weighted by atomic mass is 9.78. The van der Waals surface area contributed by atoms with Crippen LogP contribution in [0.4, 0.5) is 0 Å². The molecule has 3 aliphatic heterocycles. The number of likely N-dealkylation sites (tertiary alicyclic amines) is 1. The summed E-state index contributed by atoms with van der Waals surface area (Å²) in [6, 6.07) is 1.26. The van der Waals surface area contributed by atoms with Crippen LogP contribution in [0.3, 0.4) is 0 Å². The van der Waals surface area contributed by atoms with Crippen molar-refractivity contribution in [3.05, 3.63) is 0 Å². The lowest BCUT2D eigenvalue weighted by Gasteiger charge is -2.61. The van der Waals surface area contributed by atoms with E-state index in [1.165, 1.54) is 19.3 Å². The van der Waals surface area contributed by atoms with E-state index in [0.29, 0.717) is 31.1 Å². The largest absolute Gasteiger partial charge is 0.329 e. The third kappa shape index (κ3) is 4.13. The second-order valence-electron chi connectivity index (χ2n) is 11.2. The number of alkyl halides is 1. The number of piperazine rings is 1. The van der Waals surface area contributed by atoms with Gasteiger partial charge in [-0.25, -0.2) is 0 Å². The fourth-order valence-corrected chi connectivity index (χ4v) is 6.74. The van der Waals surface area contributed by atoms with E-state index in [1.807, 2.05) is 23.6 Å². The lowest BCUT2D eigenvalue weighted by molar-refractivity contribution is -0.185. The fraction of sp³-hybridized carbons (Fsp3) is 0.917. The van der Waals surface area contributed by atoms with Crippen LogP contribution in [0.15, 0.2) is 0 Å². The van der Waals surface area contributed by atoms with Gasteiger partial charge in [0.25, 0.3) is 5.91 Å². The van der Waals surface area contributed by atoms with Gasteiger partial charge in [-0.15, -0.1) is 11.6 Å². The highest BCUT2D eigenvalue weighted by Crippen LogP contribution is 2.41. The molecule has 5 fully saturated rings. The number of piperidine rings is 1. The highest BCUT2D eigenvalue weighted by atomic mass is 35.5. The lowest BCUT2D eigenvalue weighted by Crippen LogP contribution is -2.82. The van der Waals surface area contributed by atoms with Crippen molar-refractivity contribution in [2.45, 2.75) is 94.3 Å². The topological polar surface area (TPSA) is 55.9 Å². The zero-order chi connectivity index (χ0) is 21.8. The van der Waals surface area contributed by atoms with E-state index in [2.05, 4.69) is 10.2 Å². The Kier molecular flexibility index (Phi) is 6.02. The molecule has 0 aromatic rings. The highest BCUT2D eigenvalue weighted by Gasteiger charge is 2.61. The van der Waals surface area contributed by atoms with Crippen LogP contribution >= 0.6 is 11.6 Å². The molecule has 0 bridgehead atoms. The second-order valence-corrected chi connectivity index (χ2v) is 11.8. The third-order valence-electron chi connectivity index (χ3n) is 8.67. The van der Waals surface area contributed by atoms with Crippen molar-refractivity contribution in [1.29, 1.82) is 0 Å². The second kappa shape index (κ2) is 8.49. The molecule has 174 valence electrons. The minimum absolute atomic E-state index is 0.0642. The first-order valence-electron chi connectivity index (χ1n) is 12.6. The van der Waals surface area contributed by atoms with Crippen LogP contribution in [0.2, 0.25) is 0 Å². The van der Waals surface area contributed by atoms with Gasteiger partial charge in [-0.2, -0.15) is 0 Å². The number of halogens is 1. The molecule has 2 saturated carbocycles. The van der Waals surface area contributed by atoms with Crippen molar-refractivity contribution in [2.24, 2.45) is 11.8 Å². The summed E-state index contributed by atoms with van der Waals surface area (Å²) < 4.78 is 0. The van der Waals surface area contributed by atoms with Gasteiger partial charge < -0.3 is 15.1 Å². The maximum atomic E-state index is 13.7. The average molecular weight is 451 g/mol. The van der Waals surface area contributed by atoms with Crippen molar-refractivity contribution in [3.8, 4) is 0 Å². The molecule has 31 heavy (non-hydrogen) atoms. The van der Waals surface area contributed by atoms with Crippen molar-refractivity contribution < 1.29 is 9.59 Å². The van der Waals surface area contributed by atoms with E-state index in [-0.39, 0.29) is 29.8 Å². The van der Waals surface area contributed by atoms with E-state index in [1.54, 1.807) is 0 Å². The molecule has 7 heteroatoms. The summed E-state index contributed by atoms with van der Waals surface area (Å²) in [6.07, 6.45) is 9.25. The summed E-state index contributed by atoms with van der Waals surface area (Å²) in [5, 5.41) is 3.99. The molecule has 1 spiro atoms. The van der Waals surface area contributed by atoms with Crippen LogP contribution in [0, 0.1) is 11.8 Å². The molecule has 2 aliphatic carbocycles. The normalized spacial score (nSPS) is 36.9. The molecule has 5 aliphatic rings. The number of nitrogens with zero attached hydrogens (tertiary/aromatic N) is 3. The number of carbonyl (C=O) groups is 2. The van der Waals surface area contributed by atoms with Crippen LogP contribution in [-0.4, -0.2) is 88.3 Å². The van der Waals surface area contributed by atoms with Crippen molar-refractivity contribution in [3.63, 3.8) is 0 Å². The van der Waals surface area contributed by atoms with Crippen molar-refractivity contribution in [1.82, 2.24) is 20.0 Å². The molecule has 2 atom stereocenters. The summed E-state index contributed by atoms with van der Waals surface area (Å²) in [4.78, 5) is 33.3. The van der Waals surface area contributed by atoms with Crippen molar-refractivity contribution in [2.75, 3.05) is 32.7 Å². The molecule has 1 N–H and O–H groups in total. The standard InChI is InChI=1S/C24H39ClN4O2/c1-16(2)28-13-22(30)29(12-17-3-7-19(25)8-4-17)24(23(28)31)14-27(15-24)20-9-10-26-21(11-20)18-5-6-18/h16-21,26H,3-15H2,1-2H3. The molecule has 5 rings (SSSR count). The quantitative estimate of drug-likeness (QED) is 0.653. The number of hydrogen-bond donors (Lipinski definition) is 1. The number of carbonyl (C=O) groups excluding carboxylic acids is 2. The minimum atomic E-state index is -0.641. The number of rotatable bonds is 5. The van der Waals surface area contributed by atoms with Gasteiger partial charge in [0.15, 0.2) is 0 Å². The van der Waals surface area contributed by atoms with Gasteiger partial charge in [0.2, 0.25) is 5.91 Å². The first-order chi connectivity index (χ1) is 14.9. The Labute approximate surface area is 192 Å². The summed E-state index contributed by atoms with van der Waals surface area (Å²) in [5.41, 5.74) is -0.641. The maximum Gasteiger partial charge on any atom is 0.251 e. The van der Waals surface area contributed by atoms with E-state index in [0.717, 1.165) is 51.1 Å². The van der Waals surface area contributed by atoms with Gasteiger partial charge in [0.05, 0.1) is 0 Å². The smallest absolute Gasteiger partial charge is 0.251 e. The SMILES string of the molecule is CC(C)N1CC(=O)N(CC2CCC(Cl)CC2)C2(CN(C3CCNC(C4CC4)C3)C2)C1=O. The Hall–Kier alpha value is -0.850. The molecular formula is C24H39ClN4O2. The molecule has 0 aromatic heterocycles. The number of amides is 2. The summed E-state index contributed by atoms with van der Waals surface area (Å²) in [5.74, 6) is 1.65. The number of nitrogens with one attached hydrogen (secondary N) is 1. The summed E-state index contributed by atoms with van der Waals surface area (Å²) in [6.45, 7) is 7.53. The zero-order valence-corrected chi connectivity index (χ0v) is 19.9. The minimum Gasteiger partial charge on any atom is -0.329 e. The molecule has 0 radical (unpaired) electrons. The Morgan fingerprint density at radius 1 is 1.06 bits per heavy atom. The van der Waals surface area contributed by atoms with E-state index >= 15 is 0 Å². The first-order valence-corrected chi connectivity index (χ1v) is 13.0. The number of hydrogen-bond acceptors (Lipinski definition) is 4. The van der Waals surface area contributed by atoms with Gasteiger partial charge >= 0.3 is 0 Å². The Morgan fingerprint density at radius 2 is 1.77 bits per heavy atom. The average Bonchev–Trinajstić information content (AvgIpc) is 3.56. The van der Waals surface area contributed by atoms with Crippen LogP contribution < -0.4 is 5.32 Å². The zero-order valence-electron chi connectivity index (χ0n) is 19.2. The molecular weight excluding hydrogens is 412 g/mol. The predicted molar refractivity (Wildman–Crippen MR) is 122 cm³/mol. The molecule has 2 unspecified atom stereocenters. The van der Waals surface area contributed by atoms with Gasteiger partial charge in [-0.1, -0.05) is 0 Å². The van der Waals surface area contributed by atoms with Gasteiger partial charge in [0, 0.05) is 43.1 Å². The molecule has 3 saturated heterocycles. The first kappa shape index (κ1) is 22.0. The van der Waals surface area contributed by atoms with Crippen molar-refractivity contribution >= 4 is 23.4 Å². The van der Waals surface area contributed by atoms with Crippen LogP contribution in [0.25, 0.3) is 0 Å². The van der Waals surface area contributed by atoms with Crippen LogP contribution in [-0.2, 0) is 9.59 Å². The monoisotopic (exact) mass is 450 g/mol. The van der Waals surface area contributed by atoms with Crippen LogP contribution in [0.1, 0.15) is 65.2 Å². The Morgan fingerprint density at radius 3 is 2.42 bits per heavy atom. The highest BCUT2D eigenvalue weighted by molar-refractivity contribution is 6.20. The maximum absolute atomic E-state index is 13.7. The third-order valence-corrected chi connectivity index (χ3v) is 9.11. The summed E-state index contributed by atoms with van der Waals surface area (Å²) in [7, 11) is 0. The van der Waals surface area contributed by atoms with Gasteiger partial charge in [-0.3, -0.25) is 14.5 Å². The van der Waals surface area contributed by atoms with Gasteiger partial charge in [0.1, 0.15) is 12.1 Å². The van der Waals surface area contributed by atoms with Gasteiger partial charge in [-0.05, 0) is 83.6 Å². The molecule has 6 nitrogen and oxygen atoms in total. The predicted octanol–water partition coefficient (Wildman–Crippen LogP) is 2.45. The van der Waals surface area contributed by atoms with E-state index < -0.39 is 5.54 Å². The summed E-state index contributed by atoms with van der Waals surface area (Å²) >= 11 is 6.32. The van der Waals surface area contributed by atoms with Crippen LogP contribution in [0.5, 0.6) is 0 Å². The van der Waals surface area contributed by atoms with E-state index in [9.17, 15) is 9.59 Å². The molecule has 2 amide bonds. The van der Waals surface area contributed by atoms with E-state index in [4.69, 9.17) is 11.6 Å². The molecule has 0 aromatic carbocycles. The Bertz CT molecular complexity index is 698. The fourth-order valence-electron chi connectivity index (χ4n) is 6.49. The molecule has 3 heterocycles.